The van der Waals surface area contributed by atoms with E-state index in [9.17, 15) is 22.4 Å². The molecule has 10 heteroatoms. The maximum absolute atomic E-state index is 14.7. The summed E-state index contributed by atoms with van der Waals surface area (Å²) in [5.74, 6) is -1.52. The van der Waals surface area contributed by atoms with Crippen molar-refractivity contribution in [1.29, 1.82) is 0 Å². The highest BCUT2D eigenvalue weighted by Crippen LogP contribution is 2.26. The third kappa shape index (κ3) is 7.20. The molecule has 1 saturated carbocycles. The number of para-hydroxylation sites is 1. The molecule has 1 aliphatic rings. The molecule has 0 aromatic heterocycles. The molecule has 2 amide bonds. The summed E-state index contributed by atoms with van der Waals surface area (Å²) in [5.41, 5.74) is 0.496. The lowest BCUT2D eigenvalue weighted by Crippen LogP contribution is -2.53. The first-order valence-electron chi connectivity index (χ1n) is 13.3. The van der Waals surface area contributed by atoms with Crippen LogP contribution < -0.4 is 9.62 Å². The number of halogens is 2. The number of nitrogens with one attached hydrogen (secondary N) is 1. The van der Waals surface area contributed by atoms with Gasteiger partial charge in [0.05, 0.1) is 10.6 Å². The Bertz CT molecular complexity index is 1410. The smallest absolute Gasteiger partial charge is 0.264 e. The van der Waals surface area contributed by atoms with E-state index in [1.807, 2.05) is 0 Å². The van der Waals surface area contributed by atoms with Gasteiger partial charge >= 0.3 is 0 Å². The van der Waals surface area contributed by atoms with Crippen LogP contribution in [0.25, 0.3) is 0 Å². The molecule has 0 unspecified atom stereocenters. The zero-order valence-electron chi connectivity index (χ0n) is 22.3. The van der Waals surface area contributed by atoms with Crippen molar-refractivity contribution in [2.45, 2.75) is 62.6 Å². The van der Waals surface area contributed by atoms with E-state index < -0.39 is 34.3 Å². The minimum Gasteiger partial charge on any atom is -0.352 e. The summed E-state index contributed by atoms with van der Waals surface area (Å²) < 4.78 is 43.2. The minimum atomic E-state index is -4.20. The van der Waals surface area contributed by atoms with E-state index >= 15 is 0 Å². The fourth-order valence-corrected chi connectivity index (χ4v) is 6.36. The second-order valence-corrected chi connectivity index (χ2v) is 12.2. The van der Waals surface area contributed by atoms with Gasteiger partial charge in [0.15, 0.2) is 0 Å². The highest BCUT2D eigenvalue weighted by molar-refractivity contribution is 7.92. The average Bonchev–Trinajstić information content (AvgIpc) is 2.96. The number of anilines is 1. The Kier molecular flexibility index (Phi) is 9.81. The number of sulfonamides is 1. The number of benzene rings is 3. The zero-order chi connectivity index (χ0) is 28.7. The summed E-state index contributed by atoms with van der Waals surface area (Å²) in [4.78, 5) is 28.4. The Morgan fingerprint density at radius 1 is 0.950 bits per heavy atom. The van der Waals surface area contributed by atoms with Crippen LogP contribution in [0.3, 0.4) is 0 Å². The molecular weight excluding hydrogens is 553 g/mol. The van der Waals surface area contributed by atoms with E-state index in [2.05, 4.69) is 5.32 Å². The van der Waals surface area contributed by atoms with Crippen molar-refractivity contribution >= 4 is 39.1 Å². The molecule has 0 radical (unpaired) electrons. The van der Waals surface area contributed by atoms with Gasteiger partial charge in [0.1, 0.15) is 18.4 Å². The summed E-state index contributed by atoms with van der Waals surface area (Å²) in [6, 6.07) is 19.0. The maximum Gasteiger partial charge on any atom is 0.264 e. The van der Waals surface area contributed by atoms with Crippen molar-refractivity contribution in [1.82, 2.24) is 10.2 Å². The van der Waals surface area contributed by atoms with Crippen LogP contribution in [0.15, 0.2) is 83.8 Å². The molecule has 1 atom stereocenters. The summed E-state index contributed by atoms with van der Waals surface area (Å²) >= 11 is 5.97. The van der Waals surface area contributed by atoms with Crippen LogP contribution in [0, 0.1) is 5.82 Å². The van der Waals surface area contributed by atoms with Crippen LogP contribution >= 0.6 is 11.6 Å². The predicted molar refractivity (Wildman–Crippen MR) is 154 cm³/mol. The van der Waals surface area contributed by atoms with E-state index in [0.29, 0.717) is 5.02 Å². The Morgan fingerprint density at radius 2 is 1.57 bits per heavy atom. The fourth-order valence-electron chi connectivity index (χ4n) is 4.82. The van der Waals surface area contributed by atoms with Gasteiger partial charge in [0.25, 0.3) is 10.0 Å². The summed E-state index contributed by atoms with van der Waals surface area (Å²) in [6.45, 7) is 0.788. The molecule has 0 aliphatic heterocycles. The van der Waals surface area contributed by atoms with Gasteiger partial charge in [0.2, 0.25) is 11.8 Å². The molecule has 4 rings (SSSR count). The third-order valence-electron chi connectivity index (χ3n) is 7.14. The topological polar surface area (TPSA) is 86.8 Å². The van der Waals surface area contributed by atoms with Gasteiger partial charge in [-0.25, -0.2) is 12.8 Å². The van der Waals surface area contributed by atoms with Crippen LogP contribution in [-0.4, -0.2) is 43.8 Å². The number of carbonyl (C=O) groups excluding carboxylic acids is 2. The molecule has 212 valence electrons. The lowest BCUT2D eigenvalue weighted by molar-refractivity contribution is -0.139. The van der Waals surface area contributed by atoms with E-state index in [1.165, 1.54) is 35.2 Å². The van der Waals surface area contributed by atoms with Crippen LogP contribution in [0.2, 0.25) is 5.02 Å². The second-order valence-electron chi connectivity index (χ2n) is 9.93. The highest BCUT2D eigenvalue weighted by Gasteiger charge is 2.33. The predicted octanol–water partition coefficient (Wildman–Crippen LogP) is 5.54. The van der Waals surface area contributed by atoms with Gasteiger partial charge in [-0.2, -0.15) is 0 Å². The SMILES string of the molecule is C[C@@H](C(=O)NC1CCCCC1)N(Cc1ccccc1F)C(=O)CN(c1ccccc1)S(=O)(=O)c1ccc(Cl)cc1. The number of hydrogen-bond donors (Lipinski definition) is 1. The molecule has 1 N–H and O–H groups in total. The van der Waals surface area contributed by atoms with Gasteiger partial charge < -0.3 is 10.2 Å². The normalized spacial score (nSPS) is 14.8. The monoisotopic (exact) mass is 585 g/mol. The molecule has 1 fully saturated rings. The Hall–Kier alpha value is -3.43. The van der Waals surface area contributed by atoms with Crippen LogP contribution in [0.4, 0.5) is 10.1 Å². The number of carbonyl (C=O) groups is 2. The Labute approximate surface area is 240 Å². The van der Waals surface area contributed by atoms with Crippen LogP contribution in [0.5, 0.6) is 0 Å². The Balaban J connectivity index is 1.66. The van der Waals surface area contributed by atoms with Crippen LogP contribution in [0.1, 0.15) is 44.6 Å². The number of hydrogen-bond acceptors (Lipinski definition) is 4. The Morgan fingerprint density at radius 3 is 2.23 bits per heavy atom. The molecule has 3 aromatic rings. The average molecular weight is 586 g/mol. The summed E-state index contributed by atoms with van der Waals surface area (Å²) in [5, 5.41) is 3.40. The summed E-state index contributed by atoms with van der Waals surface area (Å²) in [7, 11) is -4.20. The quantitative estimate of drug-likeness (QED) is 0.338. The largest absolute Gasteiger partial charge is 0.352 e. The molecular formula is C30H33ClFN3O4S. The van der Waals surface area contributed by atoms with E-state index in [0.717, 1.165) is 36.4 Å². The molecule has 7 nitrogen and oxygen atoms in total. The first-order valence-corrected chi connectivity index (χ1v) is 15.1. The first-order chi connectivity index (χ1) is 19.2. The zero-order valence-corrected chi connectivity index (χ0v) is 23.9. The third-order valence-corrected chi connectivity index (χ3v) is 9.18. The standard InChI is InChI=1S/C30H33ClFN3O4S/c1-22(30(37)33-25-11-4-2-5-12-25)34(20-23-10-8-9-15-28(23)32)29(36)21-35(26-13-6-3-7-14-26)40(38,39)27-18-16-24(31)17-19-27/h3,6-10,13-19,22,25H,2,4-5,11-12,20-21H2,1H3,(H,33,37)/t22-/m0/s1. The lowest BCUT2D eigenvalue weighted by atomic mass is 9.95. The van der Waals surface area contributed by atoms with Crippen molar-refractivity contribution in [3.63, 3.8) is 0 Å². The van der Waals surface area contributed by atoms with Crippen molar-refractivity contribution in [2.24, 2.45) is 0 Å². The van der Waals surface area contributed by atoms with Gasteiger partial charge in [-0.1, -0.05) is 67.3 Å². The minimum absolute atomic E-state index is 0.0141. The maximum atomic E-state index is 14.7. The first kappa shape index (κ1) is 29.6. The van der Waals surface area contributed by atoms with Gasteiger partial charge in [-0.3, -0.25) is 13.9 Å². The molecule has 0 saturated heterocycles. The molecule has 3 aromatic carbocycles. The van der Waals surface area contributed by atoms with Crippen molar-refractivity contribution in [2.75, 3.05) is 10.8 Å². The highest BCUT2D eigenvalue weighted by atomic mass is 35.5. The van der Waals surface area contributed by atoms with E-state index in [4.69, 9.17) is 11.6 Å². The van der Waals surface area contributed by atoms with Crippen molar-refractivity contribution in [3.05, 3.63) is 95.3 Å². The second kappa shape index (κ2) is 13.3. The number of amides is 2. The number of nitrogens with zero attached hydrogens (tertiary/aromatic N) is 2. The van der Waals surface area contributed by atoms with Crippen molar-refractivity contribution in [3.8, 4) is 0 Å². The van der Waals surface area contributed by atoms with E-state index in [-0.39, 0.29) is 34.6 Å². The van der Waals surface area contributed by atoms with Gasteiger partial charge in [-0.05, 0) is 62.2 Å². The van der Waals surface area contributed by atoms with Gasteiger partial charge in [-0.15, -0.1) is 0 Å². The fraction of sp³-hybridized carbons (Fsp3) is 0.333. The van der Waals surface area contributed by atoms with Crippen LogP contribution in [-0.2, 0) is 26.2 Å². The van der Waals surface area contributed by atoms with Gasteiger partial charge in [0, 0.05) is 23.2 Å². The van der Waals surface area contributed by atoms with Crippen molar-refractivity contribution < 1.29 is 22.4 Å². The summed E-state index contributed by atoms with van der Waals surface area (Å²) in [6.07, 6.45) is 4.89. The molecule has 0 spiro atoms. The molecule has 1 aliphatic carbocycles. The molecule has 0 heterocycles. The molecule has 0 bridgehead atoms. The lowest BCUT2D eigenvalue weighted by Gasteiger charge is -2.33. The van der Waals surface area contributed by atoms with E-state index in [1.54, 1.807) is 55.5 Å². The molecule has 40 heavy (non-hydrogen) atoms. The number of rotatable bonds is 10.